The van der Waals surface area contributed by atoms with Crippen LogP contribution in [0.5, 0.6) is 0 Å². The lowest BCUT2D eigenvalue weighted by atomic mass is 10.2. The number of anilines is 1. The van der Waals surface area contributed by atoms with Crippen LogP contribution in [0.3, 0.4) is 0 Å². The van der Waals surface area contributed by atoms with Crippen LogP contribution in [-0.4, -0.2) is 62.3 Å². The molecule has 0 bridgehead atoms. The molecule has 0 saturated heterocycles. The van der Waals surface area contributed by atoms with Crippen molar-refractivity contribution in [3.8, 4) is 0 Å². The summed E-state index contributed by atoms with van der Waals surface area (Å²) in [6, 6.07) is 0. The zero-order valence-corrected chi connectivity index (χ0v) is 13.8. The molecule has 1 aliphatic rings. The van der Waals surface area contributed by atoms with Crippen molar-refractivity contribution in [1.82, 2.24) is 13.6 Å². The van der Waals surface area contributed by atoms with Crippen LogP contribution in [0.1, 0.15) is 10.6 Å². The predicted molar refractivity (Wildman–Crippen MR) is 79.3 cm³/mol. The van der Waals surface area contributed by atoms with Crippen LogP contribution in [0, 0.1) is 0 Å². The fourth-order valence-corrected chi connectivity index (χ4v) is 4.14. The van der Waals surface area contributed by atoms with Gasteiger partial charge in [0.2, 0.25) is 0 Å². The van der Waals surface area contributed by atoms with Crippen LogP contribution in [0.2, 0.25) is 0 Å². The van der Waals surface area contributed by atoms with E-state index in [0.717, 1.165) is 10.6 Å². The normalized spacial score (nSPS) is 16.0. The van der Waals surface area contributed by atoms with E-state index in [0.29, 0.717) is 18.1 Å². The molecule has 0 saturated carbocycles. The summed E-state index contributed by atoms with van der Waals surface area (Å²) in [5, 5.41) is 3.12. The fraction of sp³-hybridized carbons (Fsp3) is 0.636. The molecule has 10 heteroatoms. The molecule has 0 radical (unpaired) electrons. The average Bonchev–Trinajstić information content (AvgIpc) is 2.79. The maximum Gasteiger partial charge on any atom is 0.281 e. The van der Waals surface area contributed by atoms with E-state index in [-0.39, 0.29) is 19.1 Å². The quantitative estimate of drug-likeness (QED) is 0.811. The Bertz CT molecular complexity index is 626. The molecule has 0 spiro atoms. The van der Waals surface area contributed by atoms with Gasteiger partial charge in [-0.2, -0.15) is 17.0 Å². The van der Waals surface area contributed by atoms with Gasteiger partial charge in [0.25, 0.3) is 16.1 Å². The van der Waals surface area contributed by atoms with Crippen molar-refractivity contribution in [2.24, 2.45) is 0 Å². The minimum absolute atomic E-state index is 0.0363. The van der Waals surface area contributed by atoms with E-state index in [2.05, 4.69) is 10.3 Å². The number of methoxy groups -OCH3 is 1. The highest BCUT2D eigenvalue weighted by Gasteiger charge is 2.30. The molecule has 8 nitrogen and oxygen atoms in total. The number of nitrogens with zero attached hydrogens (tertiary/aromatic N) is 3. The molecule has 0 fully saturated rings. The van der Waals surface area contributed by atoms with Crippen LogP contribution in [0.4, 0.5) is 5.13 Å². The number of fused-ring (bicyclic) bond motifs is 1. The number of hydrogen-bond donors (Lipinski definition) is 1. The molecule has 2 rings (SSSR count). The summed E-state index contributed by atoms with van der Waals surface area (Å²) in [6.45, 7) is 0.641. The van der Waals surface area contributed by atoms with Crippen molar-refractivity contribution in [2.45, 2.75) is 13.0 Å². The molecule has 1 amide bonds. The van der Waals surface area contributed by atoms with Gasteiger partial charge >= 0.3 is 0 Å². The molecule has 0 unspecified atom stereocenters. The standard InChI is InChI=1S/C11H18N4O4S2/c1-14(2)21(17,18)15-5-4-8-9(6-15)20-11(12-8)13-10(16)7-19-3/h4-7H2,1-3H3,(H,12,13,16). The second kappa shape index (κ2) is 6.36. The number of nitrogens with one attached hydrogen (secondary N) is 1. The van der Waals surface area contributed by atoms with Crippen molar-refractivity contribution in [3.05, 3.63) is 10.6 Å². The molecule has 0 aromatic carbocycles. The molecule has 1 aromatic rings. The predicted octanol–water partition coefficient (Wildman–Crippen LogP) is -0.107. The molecule has 1 aliphatic heterocycles. The zero-order chi connectivity index (χ0) is 15.6. The SMILES string of the molecule is COCC(=O)Nc1nc2c(s1)CN(S(=O)(=O)N(C)C)CC2. The monoisotopic (exact) mass is 334 g/mol. The minimum Gasteiger partial charge on any atom is -0.375 e. The first-order valence-corrected chi connectivity index (χ1v) is 8.51. The Morgan fingerprint density at radius 2 is 2.24 bits per heavy atom. The first-order chi connectivity index (χ1) is 9.84. The Morgan fingerprint density at radius 3 is 2.86 bits per heavy atom. The fourth-order valence-electron chi connectivity index (χ4n) is 1.94. The van der Waals surface area contributed by atoms with E-state index >= 15 is 0 Å². The Labute approximate surface area is 127 Å². The highest BCUT2D eigenvalue weighted by molar-refractivity contribution is 7.86. The summed E-state index contributed by atoms with van der Waals surface area (Å²) in [7, 11) is 1.03. The van der Waals surface area contributed by atoms with Gasteiger partial charge in [-0.25, -0.2) is 4.98 Å². The number of ether oxygens (including phenoxy) is 1. The number of rotatable bonds is 5. The summed E-state index contributed by atoms with van der Waals surface area (Å²) < 4.78 is 31.6. The van der Waals surface area contributed by atoms with Crippen LogP contribution in [0.25, 0.3) is 0 Å². The molecule has 1 aromatic heterocycles. The number of amides is 1. The van der Waals surface area contributed by atoms with Gasteiger partial charge in [-0.05, 0) is 0 Å². The van der Waals surface area contributed by atoms with Crippen molar-refractivity contribution < 1.29 is 17.9 Å². The minimum atomic E-state index is -3.43. The second-order valence-electron chi connectivity index (χ2n) is 4.74. The summed E-state index contributed by atoms with van der Waals surface area (Å²) in [4.78, 5) is 16.6. The van der Waals surface area contributed by atoms with E-state index < -0.39 is 10.2 Å². The topological polar surface area (TPSA) is 91.8 Å². The van der Waals surface area contributed by atoms with Crippen LogP contribution in [-0.2, 0) is 32.7 Å². The zero-order valence-electron chi connectivity index (χ0n) is 12.1. The summed E-state index contributed by atoms with van der Waals surface area (Å²) in [6.07, 6.45) is 0.541. The van der Waals surface area contributed by atoms with Gasteiger partial charge in [-0.3, -0.25) is 10.1 Å². The van der Waals surface area contributed by atoms with E-state index in [4.69, 9.17) is 4.74 Å². The Morgan fingerprint density at radius 1 is 1.52 bits per heavy atom. The van der Waals surface area contributed by atoms with Gasteiger partial charge in [0, 0.05) is 39.0 Å². The van der Waals surface area contributed by atoms with E-state index in [9.17, 15) is 13.2 Å². The number of carbonyl (C=O) groups excluding carboxylic acids is 1. The van der Waals surface area contributed by atoms with E-state index in [1.54, 1.807) is 0 Å². The van der Waals surface area contributed by atoms with Crippen molar-refractivity contribution in [2.75, 3.05) is 39.7 Å². The first kappa shape index (κ1) is 16.3. The summed E-state index contributed by atoms with van der Waals surface area (Å²) in [5.74, 6) is -0.277. The lowest BCUT2D eigenvalue weighted by Gasteiger charge is -2.27. The number of thiazole rings is 1. The molecule has 118 valence electrons. The lowest BCUT2D eigenvalue weighted by molar-refractivity contribution is -0.119. The molecule has 21 heavy (non-hydrogen) atoms. The van der Waals surface area contributed by atoms with Crippen molar-refractivity contribution >= 4 is 32.6 Å². The third-order valence-corrected chi connectivity index (χ3v) is 5.89. The number of hydrogen-bond acceptors (Lipinski definition) is 6. The van der Waals surface area contributed by atoms with Gasteiger partial charge in [-0.1, -0.05) is 0 Å². The lowest BCUT2D eigenvalue weighted by Crippen LogP contribution is -2.42. The number of carbonyl (C=O) groups is 1. The van der Waals surface area contributed by atoms with Crippen molar-refractivity contribution in [3.63, 3.8) is 0 Å². The van der Waals surface area contributed by atoms with Gasteiger partial charge in [0.15, 0.2) is 5.13 Å². The molecule has 0 aliphatic carbocycles. The van der Waals surface area contributed by atoms with E-state index in [1.807, 2.05) is 0 Å². The molecule has 0 atom stereocenters. The third-order valence-electron chi connectivity index (χ3n) is 3.01. The van der Waals surface area contributed by atoms with Crippen molar-refractivity contribution in [1.29, 1.82) is 0 Å². The summed E-state index contributed by atoms with van der Waals surface area (Å²) in [5.41, 5.74) is 0.845. The second-order valence-corrected chi connectivity index (χ2v) is 7.97. The molecular formula is C11H18N4O4S2. The number of aromatic nitrogens is 1. The first-order valence-electron chi connectivity index (χ1n) is 6.29. The van der Waals surface area contributed by atoms with Gasteiger partial charge in [-0.15, -0.1) is 11.3 Å². The molecular weight excluding hydrogens is 316 g/mol. The van der Waals surface area contributed by atoms with Gasteiger partial charge in [0.05, 0.1) is 12.2 Å². The average molecular weight is 334 g/mol. The Hall–Kier alpha value is -1.07. The van der Waals surface area contributed by atoms with E-state index in [1.165, 1.54) is 41.2 Å². The molecule has 2 heterocycles. The maximum absolute atomic E-state index is 12.1. The summed E-state index contributed by atoms with van der Waals surface area (Å²) >= 11 is 1.30. The van der Waals surface area contributed by atoms with Crippen LogP contribution < -0.4 is 5.32 Å². The largest absolute Gasteiger partial charge is 0.375 e. The van der Waals surface area contributed by atoms with Crippen LogP contribution >= 0.6 is 11.3 Å². The smallest absolute Gasteiger partial charge is 0.281 e. The maximum atomic E-state index is 12.1. The highest BCUT2D eigenvalue weighted by Crippen LogP contribution is 2.29. The highest BCUT2D eigenvalue weighted by atomic mass is 32.2. The van der Waals surface area contributed by atoms with Gasteiger partial charge < -0.3 is 4.74 Å². The van der Waals surface area contributed by atoms with Crippen LogP contribution in [0.15, 0.2) is 0 Å². The molecule has 1 N–H and O–H groups in total. The Kier molecular flexibility index (Phi) is 4.94. The van der Waals surface area contributed by atoms with Gasteiger partial charge in [0.1, 0.15) is 6.61 Å². The Balaban J connectivity index is 2.12. The third kappa shape index (κ3) is 3.58.